The van der Waals surface area contributed by atoms with Gasteiger partial charge in [-0.3, -0.25) is 4.79 Å². The van der Waals surface area contributed by atoms with Crippen molar-refractivity contribution in [1.29, 1.82) is 0 Å². The minimum Gasteiger partial charge on any atom is -0.326 e. The topological polar surface area (TPSA) is 66.5 Å². The maximum absolute atomic E-state index is 13.3. The number of carbonyl (C=O) groups is 1. The summed E-state index contributed by atoms with van der Waals surface area (Å²) in [6.45, 7) is 0.345. The number of hydrogen-bond acceptors (Lipinski definition) is 3. The van der Waals surface area contributed by atoms with Gasteiger partial charge in [0.15, 0.2) is 0 Å². The highest BCUT2D eigenvalue weighted by Crippen LogP contribution is 2.28. The molecule has 1 aliphatic heterocycles. The second-order valence-electron chi connectivity index (χ2n) is 6.40. The average Bonchev–Trinajstić information content (AvgIpc) is 2.63. The highest BCUT2D eigenvalue weighted by Gasteiger charge is 2.32. The van der Waals surface area contributed by atoms with Crippen molar-refractivity contribution in [2.24, 2.45) is 5.92 Å². The molecule has 1 amide bonds. The van der Waals surface area contributed by atoms with Gasteiger partial charge in [-0.25, -0.2) is 12.8 Å². The molecule has 0 aromatic heterocycles. The molecule has 1 fully saturated rings. The monoisotopic (exact) mass is 464 g/mol. The van der Waals surface area contributed by atoms with E-state index in [0.29, 0.717) is 28.6 Å². The molecule has 10 heteroatoms. The van der Waals surface area contributed by atoms with E-state index in [1.54, 1.807) is 18.2 Å². The number of rotatable bonds is 4. The van der Waals surface area contributed by atoms with E-state index in [-0.39, 0.29) is 34.8 Å². The van der Waals surface area contributed by atoms with Crippen LogP contribution in [0.3, 0.4) is 0 Å². The smallest absolute Gasteiger partial charge is 0.243 e. The lowest BCUT2D eigenvalue weighted by atomic mass is 9.97. The van der Waals surface area contributed by atoms with Crippen LogP contribution in [-0.4, -0.2) is 31.7 Å². The van der Waals surface area contributed by atoms with E-state index >= 15 is 0 Å². The van der Waals surface area contributed by atoms with Gasteiger partial charge < -0.3 is 5.32 Å². The lowest BCUT2D eigenvalue weighted by Crippen LogP contribution is -2.41. The number of carbonyl (C=O) groups excluding carboxylic acids is 1. The number of halogens is 4. The molecule has 1 aliphatic rings. The van der Waals surface area contributed by atoms with Crippen molar-refractivity contribution in [3.63, 3.8) is 0 Å². The summed E-state index contributed by atoms with van der Waals surface area (Å²) in [5.41, 5.74) is 0.485. The standard InChI is InChI=1S/C18H16Cl3FN2O3S/c19-12-7-13(20)9-14(8-12)23-18(25)11-3-5-24(6-4-11)28(26,27)15-1-2-17(22)16(21)10-15/h1-2,7-11H,3-6H2,(H,23,25). The molecule has 0 radical (unpaired) electrons. The summed E-state index contributed by atoms with van der Waals surface area (Å²) in [4.78, 5) is 12.4. The molecule has 3 rings (SSSR count). The molecule has 1 heterocycles. The maximum Gasteiger partial charge on any atom is 0.243 e. The van der Waals surface area contributed by atoms with E-state index in [1.807, 2.05) is 0 Å². The molecule has 0 bridgehead atoms. The van der Waals surface area contributed by atoms with E-state index in [0.717, 1.165) is 12.1 Å². The molecule has 1 N–H and O–H groups in total. The van der Waals surface area contributed by atoms with Gasteiger partial charge >= 0.3 is 0 Å². The van der Waals surface area contributed by atoms with Gasteiger partial charge in [-0.2, -0.15) is 4.31 Å². The first-order valence-corrected chi connectivity index (χ1v) is 11.0. The van der Waals surface area contributed by atoms with Gasteiger partial charge in [-0.1, -0.05) is 34.8 Å². The van der Waals surface area contributed by atoms with E-state index < -0.39 is 15.8 Å². The first-order chi connectivity index (χ1) is 13.2. The first-order valence-electron chi connectivity index (χ1n) is 8.39. The fourth-order valence-corrected chi connectivity index (χ4v) is 5.28. The Morgan fingerprint density at radius 3 is 2.21 bits per heavy atom. The molecule has 0 unspecified atom stereocenters. The number of amides is 1. The Morgan fingerprint density at radius 1 is 1.04 bits per heavy atom. The van der Waals surface area contributed by atoms with Crippen molar-refractivity contribution >= 4 is 56.4 Å². The average molecular weight is 466 g/mol. The number of benzene rings is 2. The summed E-state index contributed by atoms with van der Waals surface area (Å²) in [7, 11) is -3.80. The second kappa shape index (κ2) is 8.55. The predicted molar refractivity (Wildman–Crippen MR) is 108 cm³/mol. The molecular weight excluding hydrogens is 450 g/mol. The largest absolute Gasteiger partial charge is 0.326 e. The normalized spacial score (nSPS) is 16.1. The van der Waals surface area contributed by atoms with E-state index in [1.165, 1.54) is 10.4 Å². The van der Waals surface area contributed by atoms with Crippen LogP contribution in [0.4, 0.5) is 10.1 Å². The fraction of sp³-hybridized carbons (Fsp3) is 0.278. The highest BCUT2D eigenvalue weighted by atomic mass is 35.5. The van der Waals surface area contributed by atoms with Gasteiger partial charge in [-0.05, 0) is 49.2 Å². The van der Waals surface area contributed by atoms with Gasteiger partial charge in [0, 0.05) is 34.7 Å². The van der Waals surface area contributed by atoms with Crippen LogP contribution < -0.4 is 5.32 Å². The zero-order valence-electron chi connectivity index (χ0n) is 14.5. The summed E-state index contributed by atoms with van der Waals surface area (Å²) in [5.74, 6) is -1.25. The summed E-state index contributed by atoms with van der Waals surface area (Å²) < 4.78 is 40.0. The SMILES string of the molecule is O=C(Nc1cc(Cl)cc(Cl)c1)C1CCN(S(=O)(=O)c2ccc(F)c(Cl)c2)CC1. The molecule has 1 saturated heterocycles. The fourth-order valence-electron chi connectivity index (χ4n) is 3.02. The predicted octanol–water partition coefficient (Wildman–Crippen LogP) is 4.83. The van der Waals surface area contributed by atoms with Gasteiger partial charge in [0.25, 0.3) is 0 Å². The summed E-state index contributed by atoms with van der Waals surface area (Å²) in [6, 6.07) is 8.02. The molecule has 0 saturated carbocycles. The minimum absolute atomic E-state index is 0.0737. The number of hydrogen-bond donors (Lipinski definition) is 1. The molecule has 0 spiro atoms. The Labute approximate surface area is 177 Å². The molecular formula is C18H16Cl3FN2O3S. The quantitative estimate of drug-likeness (QED) is 0.703. The molecule has 5 nitrogen and oxygen atoms in total. The summed E-state index contributed by atoms with van der Waals surface area (Å²) >= 11 is 17.5. The summed E-state index contributed by atoms with van der Waals surface area (Å²) in [5, 5.41) is 3.31. The zero-order valence-corrected chi connectivity index (χ0v) is 17.5. The number of sulfonamides is 1. The Hall–Kier alpha value is -1.38. The third kappa shape index (κ3) is 4.78. The van der Waals surface area contributed by atoms with Crippen molar-refractivity contribution in [2.75, 3.05) is 18.4 Å². The number of nitrogens with zero attached hydrogens (tertiary/aromatic N) is 1. The van der Waals surface area contributed by atoms with E-state index in [9.17, 15) is 17.6 Å². The Balaban J connectivity index is 1.64. The number of anilines is 1. The van der Waals surface area contributed by atoms with Crippen molar-refractivity contribution in [3.05, 3.63) is 57.3 Å². The van der Waals surface area contributed by atoms with Crippen LogP contribution in [0.5, 0.6) is 0 Å². The third-order valence-corrected chi connectivity index (χ3v) is 7.10. The van der Waals surface area contributed by atoms with E-state index in [4.69, 9.17) is 34.8 Å². The molecule has 2 aromatic carbocycles. The maximum atomic E-state index is 13.3. The summed E-state index contributed by atoms with van der Waals surface area (Å²) in [6.07, 6.45) is 0.711. The van der Waals surface area contributed by atoms with Crippen LogP contribution in [0.15, 0.2) is 41.3 Å². The van der Waals surface area contributed by atoms with Gasteiger partial charge in [0.1, 0.15) is 5.82 Å². The molecule has 28 heavy (non-hydrogen) atoms. The lowest BCUT2D eigenvalue weighted by molar-refractivity contribution is -0.120. The third-order valence-electron chi connectivity index (χ3n) is 4.48. The van der Waals surface area contributed by atoms with Crippen LogP contribution >= 0.6 is 34.8 Å². The Morgan fingerprint density at radius 2 is 1.64 bits per heavy atom. The second-order valence-corrected chi connectivity index (χ2v) is 9.62. The highest BCUT2D eigenvalue weighted by molar-refractivity contribution is 7.89. The molecule has 150 valence electrons. The van der Waals surface area contributed by atoms with Crippen LogP contribution in [0.25, 0.3) is 0 Å². The van der Waals surface area contributed by atoms with Crippen LogP contribution in [-0.2, 0) is 14.8 Å². The molecule has 0 atom stereocenters. The van der Waals surface area contributed by atoms with Gasteiger partial charge in [-0.15, -0.1) is 0 Å². The Kier molecular flexibility index (Phi) is 6.51. The van der Waals surface area contributed by atoms with Gasteiger partial charge in [0.2, 0.25) is 15.9 Å². The number of nitrogens with one attached hydrogen (secondary N) is 1. The van der Waals surface area contributed by atoms with Crippen LogP contribution in [0.1, 0.15) is 12.8 Å². The van der Waals surface area contributed by atoms with Crippen molar-refractivity contribution in [2.45, 2.75) is 17.7 Å². The molecule has 0 aliphatic carbocycles. The first kappa shape index (κ1) is 21.3. The minimum atomic E-state index is -3.80. The van der Waals surface area contributed by atoms with Crippen molar-refractivity contribution in [1.82, 2.24) is 4.31 Å². The number of piperidine rings is 1. The van der Waals surface area contributed by atoms with Gasteiger partial charge in [0.05, 0.1) is 9.92 Å². The van der Waals surface area contributed by atoms with Crippen LogP contribution in [0, 0.1) is 11.7 Å². The Bertz CT molecular complexity index is 989. The zero-order chi connectivity index (χ0) is 20.5. The van der Waals surface area contributed by atoms with Crippen molar-refractivity contribution in [3.8, 4) is 0 Å². The molecule has 2 aromatic rings. The van der Waals surface area contributed by atoms with Crippen molar-refractivity contribution < 1.29 is 17.6 Å². The van der Waals surface area contributed by atoms with E-state index in [2.05, 4.69) is 5.32 Å². The lowest BCUT2D eigenvalue weighted by Gasteiger charge is -2.30. The van der Waals surface area contributed by atoms with Crippen LogP contribution in [0.2, 0.25) is 15.1 Å².